The highest BCUT2D eigenvalue weighted by Crippen LogP contribution is 2.71. The standard InChI is InChI=1S/C28H38N2O3/c31-23-8-4-7-20-15-24-28-12-11-22(29-26(32)19-5-2-1-3-6-19)21(17-33-28)27(28,25(20)23)13-14-30(24)16-18-9-10-18/h1-3,5-6,18,20-25,31H,4,7-17H2,(H,29,32). The van der Waals surface area contributed by atoms with Crippen molar-refractivity contribution in [2.24, 2.45) is 29.1 Å². The van der Waals surface area contributed by atoms with Crippen LogP contribution in [0.1, 0.15) is 68.1 Å². The number of hydrogen-bond acceptors (Lipinski definition) is 4. The largest absolute Gasteiger partial charge is 0.393 e. The lowest BCUT2D eigenvalue weighted by molar-refractivity contribution is -0.255. The lowest BCUT2D eigenvalue weighted by Crippen LogP contribution is -2.77. The quantitative estimate of drug-likeness (QED) is 0.736. The summed E-state index contributed by atoms with van der Waals surface area (Å²) < 4.78 is 6.97. The lowest BCUT2D eigenvalue weighted by Gasteiger charge is -2.70. The molecule has 4 aliphatic carbocycles. The van der Waals surface area contributed by atoms with E-state index in [1.54, 1.807) is 0 Å². The zero-order valence-electron chi connectivity index (χ0n) is 19.6. The molecule has 2 aliphatic heterocycles. The number of amides is 1. The van der Waals surface area contributed by atoms with E-state index in [-0.39, 0.29) is 29.1 Å². The second-order valence-corrected chi connectivity index (χ2v) is 12.1. The maximum Gasteiger partial charge on any atom is 0.251 e. The van der Waals surface area contributed by atoms with Crippen LogP contribution >= 0.6 is 0 Å². The molecule has 1 aromatic carbocycles. The van der Waals surface area contributed by atoms with Gasteiger partial charge in [-0.2, -0.15) is 0 Å². The van der Waals surface area contributed by atoms with Gasteiger partial charge in [0.2, 0.25) is 0 Å². The Morgan fingerprint density at radius 2 is 1.97 bits per heavy atom. The van der Waals surface area contributed by atoms with Crippen LogP contribution < -0.4 is 5.32 Å². The summed E-state index contributed by atoms with van der Waals surface area (Å²) in [7, 11) is 0. The van der Waals surface area contributed by atoms with E-state index < -0.39 is 0 Å². The third-order valence-corrected chi connectivity index (χ3v) is 10.7. The van der Waals surface area contributed by atoms with Crippen LogP contribution in [-0.2, 0) is 4.74 Å². The summed E-state index contributed by atoms with van der Waals surface area (Å²) in [5, 5.41) is 14.9. The fourth-order valence-electron chi connectivity index (χ4n) is 9.41. The first-order valence-corrected chi connectivity index (χ1v) is 13.5. The first kappa shape index (κ1) is 20.9. The van der Waals surface area contributed by atoms with Crippen LogP contribution in [-0.4, -0.2) is 59.4 Å². The molecule has 6 aliphatic rings. The van der Waals surface area contributed by atoms with Crippen LogP contribution in [0.25, 0.3) is 0 Å². The van der Waals surface area contributed by atoms with Crippen molar-refractivity contribution < 1.29 is 14.6 Å². The van der Waals surface area contributed by atoms with Crippen LogP contribution in [0, 0.1) is 29.1 Å². The van der Waals surface area contributed by atoms with Gasteiger partial charge < -0.3 is 15.2 Å². The van der Waals surface area contributed by atoms with Gasteiger partial charge in [-0.25, -0.2) is 0 Å². The monoisotopic (exact) mass is 450 g/mol. The SMILES string of the molecule is O=C(NC1CCC23OCC1C21CCN(CC2CC2)C3CC2CCCC(O)C21)c1ccccc1. The van der Waals surface area contributed by atoms with Crippen molar-refractivity contribution in [2.45, 2.75) is 81.6 Å². The van der Waals surface area contributed by atoms with Gasteiger partial charge >= 0.3 is 0 Å². The molecule has 2 heterocycles. The van der Waals surface area contributed by atoms with Gasteiger partial charge in [-0.1, -0.05) is 24.6 Å². The molecule has 7 rings (SSSR count). The van der Waals surface area contributed by atoms with E-state index in [1.165, 1.54) is 32.2 Å². The second kappa shape index (κ2) is 7.53. The zero-order valence-corrected chi connectivity index (χ0v) is 19.6. The number of likely N-dealkylation sites (tertiary alicyclic amines) is 1. The number of hydrogen-bond donors (Lipinski definition) is 2. The molecule has 178 valence electrons. The van der Waals surface area contributed by atoms with Gasteiger partial charge in [-0.05, 0) is 87.8 Å². The lowest BCUT2D eigenvalue weighted by atomic mass is 9.40. The minimum atomic E-state index is -0.216. The fraction of sp³-hybridized carbons (Fsp3) is 0.750. The van der Waals surface area contributed by atoms with E-state index in [4.69, 9.17) is 4.74 Å². The summed E-state index contributed by atoms with van der Waals surface area (Å²) in [6, 6.07) is 10.3. The number of aliphatic hydroxyl groups is 1. The number of carbonyl (C=O) groups is 1. The predicted octanol–water partition coefficient (Wildman–Crippen LogP) is 3.62. The highest BCUT2D eigenvalue weighted by molar-refractivity contribution is 5.94. The predicted molar refractivity (Wildman–Crippen MR) is 126 cm³/mol. The Morgan fingerprint density at radius 1 is 1.12 bits per heavy atom. The van der Waals surface area contributed by atoms with Crippen molar-refractivity contribution in [3.8, 4) is 0 Å². The Labute approximate surface area is 197 Å². The van der Waals surface area contributed by atoms with Crippen molar-refractivity contribution in [3.05, 3.63) is 35.9 Å². The van der Waals surface area contributed by atoms with Gasteiger partial charge in [0.15, 0.2) is 0 Å². The van der Waals surface area contributed by atoms with Gasteiger partial charge in [0.1, 0.15) is 0 Å². The van der Waals surface area contributed by atoms with Gasteiger partial charge in [0, 0.05) is 35.5 Å². The third-order valence-electron chi connectivity index (χ3n) is 10.7. The molecule has 5 nitrogen and oxygen atoms in total. The van der Waals surface area contributed by atoms with Gasteiger partial charge in [0.05, 0.1) is 18.3 Å². The average Bonchev–Trinajstić information content (AvgIpc) is 3.60. The maximum atomic E-state index is 13.1. The number of benzene rings is 1. The first-order valence-electron chi connectivity index (χ1n) is 13.5. The Balaban J connectivity index is 1.25. The number of piperidine rings is 1. The van der Waals surface area contributed by atoms with E-state index in [0.29, 0.717) is 23.8 Å². The zero-order chi connectivity index (χ0) is 22.2. The highest BCUT2D eigenvalue weighted by Gasteiger charge is 2.76. The molecule has 1 aromatic rings. The van der Waals surface area contributed by atoms with Crippen LogP contribution in [0.5, 0.6) is 0 Å². The van der Waals surface area contributed by atoms with Gasteiger partial charge in [0.25, 0.3) is 5.91 Å². The van der Waals surface area contributed by atoms with Crippen LogP contribution in [0.4, 0.5) is 0 Å². The molecular formula is C28H38N2O3. The molecule has 8 unspecified atom stereocenters. The van der Waals surface area contributed by atoms with Crippen LogP contribution in [0.3, 0.4) is 0 Å². The Kier molecular flexibility index (Phi) is 4.77. The summed E-state index contributed by atoms with van der Waals surface area (Å²) in [5.74, 6) is 2.17. The number of aliphatic hydroxyl groups excluding tert-OH is 1. The van der Waals surface area contributed by atoms with E-state index in [2.05, 4.69) is 10.2 Å². The topological polar surface area (TPSA) is 61.8 Å². The number of fused-ring (bicyclic) bond motifs is 1. The summed E-state index contributed by atoms with van der Waals surface area (Å²) in [6.07, 6.45) is 10.2. The molecule has 8 atom stereocenters. The fourth-order valence-corrected chi connectivity index (χ4v) is 9.41. The van der Waals surface area contributed by atoms with E-state index in [9.17, 15) is 9.90 Å². The Hall–Kier alpha value is -1.43. The molecule has 0 spiro atoms. The molecule has 1 amide bonds. The van der Waals surface area contributed by atoms with Crippen LogP contribution in [0.15, 0.2) is 30.3 Å². The van der Waals surface area contributed by atoms with Crippen molar-refractivity contribution in [1.29, 1.82) is 0 Å². The van der Waals surface area contributed by atoms with Gasteiger partial charge in [-0.15, -0.1) is 0 Å². The molecule has 4 bridgehead atoms. The smallest absolute Gasteiger partial charge is 0.251 e. The summed E-state index contributed by atoms with van der Waals surface area (Å²) in [4.78, 5) is 15.9. The first-order chi connectivity index (χ1) is 16.1. The van der Waals surface area contributed by atoms with E-state index >= 15 is 0 Å². The maximum absolute atomic E-state index is 13.1. The molecule has 0 aromatic heterocycles. The van der Waals surface area contributed by atoms with Crippen molar-refractivity contribution in [3.63, 3.8) is 0 Å². The van der Waals surface area contributed by atoms with Crippen LogP contribution in [0.2, 0.25) is 0 Å². The molecule has 0 radical (unpaired) electrons. The Morgan fingerprint density at radius 3 is 2.79 bits per heavy atom. The summed E-state index contributed by atoms with van der Waals surface area (Å²) in [5.41, 5.74) is 0.619. The van der Waals surface area contributed by atoms with Gasteiger partial charge in [-0.3, -0.25) is 9.69 Å². The van der Waals surface area contributed by atoms with Crippen molar-refractivity contribution in [1.82, 2.24) is 10.2 Å². The van der Waals surface area contributed by atoms with E-state index in [0.717, 1.165) is 56.7 Å². The summed E-state index contributed by atoms with van der Waals surface area (Å²) in [6.45, 7) is 3.12. The van der Waals surface area contributed by atoms with E-state index in [1.807, 2.05) is 30.3 Å². The van der Waals surface area contributed by atoms with Crippen molar-refractivity contribution in [2.75, 3.05) is 19.7 Å². The molecule has 2 saturated heterocycles. The molecule has 6 fully saturated rings. The van der Waals surface area contributed by atoms with Crippen molar-refractivity contribution >= 4 is 5.91 Å². The normalized spacial score (nSPS) is 46.3. The number of nitrogens with zero attached hydrogens (tertiary/aromatic N) is 1. The Bertz CT molecular complexity index is 919. The number of carbonyl (C=O) groups excluding carboxylic acids is 1. The molecule has 4 saturated carbocycles. The molecule has 2 N–H and O–H groups in total. The number of ether oxygens (including phenoxy) is 1. The average molecular weight is 451 g/mol. The third kappa shape index (κ3) is 2.91. The molecule has 5 heteroatoms. The number of rotatable bonds is 4. The molecular weight excluding hydrogens is 412 g/mol. The second-order valence-electron chi connectivity index (χ2n) is 12.1. The number of nitrogens with one attached hydrogen (secondary N) is 1. The molecule has 33 heavy (non-hydrogen) atoms. The summed E-state index contributed by atoms with van der Waals surface area (Å²) >= 11 is 0. The minimum absolute atomic E-state index is 0.00730. The minimum Gasteiger partial charge on any atom is -0.393 e. The highest BCUT2D eigenvalue weighted by atomic mass is 16.5.